The molecule has 3 rings (SSSR count). The minimum absolute atomic E-state index is 0.132. The summed E-state index contributed by atoms with van der Waals surface area (Å²) in [7, 11) is 0. The summed E-state index contributed by atoms with van der Waals surface area (Å²) in [5.41, 5.74) is 2.44. The van der Waals surface area contributed by atoms with E-state index in [2.05, 4.69) is 40.1 Å². The van der Waals surface area contributed by atoms with Crippen molar-refractivity contribution in [2.45, 2.75) is 32.7 Å². The van der Waals surface area contributed by atoms with Crippen LogP contribution in [0.5, 0.6) is 0 Å². The van der Waals surface area contributed by atoms with Gasteiger partial charge < -0.3 is 5.32 Å². The largest absolute Gasteiger partial charge is 0.326 e. The molecule has 0 radical (unpaired) electrons. The Hall–Kier alpha value is -2.47. The fraction of sp³-hybridized carbons (Fsp3) is 0.250. The number of anilines is 1. The van der Waals surface area contributed by atoms with Crippen molar-refractivity contribution in [3.05, 3.63) is 69.2 Å². The standard InChI is InChI=1S/C20H20BrN3O2/c1-13(2)14-4-3-5-16(10-14)23-19(25)8-9-24-12-22-18-7-6-15(21)11-17(18)20(24)26/h3-7,10-13H,8-9H2,1-2H3,(H,23,25). The number of benzene rings is 2. The second-order valence-electron chi connectivity index (χ2n) is 6.48. The molecule has 0 aliphatic heterocycles. The van der Waals surface area contributed by atoms with Crippen molar-refractivity contribution >= 4 is 38.4 Å². The maximum atomic E-state index is 12.5. The molecule has 0 fully saturated rings. The maximum absolute atomic E-state index is 12.5. The number of nitrogens with zero attached hydrogens (tertiary/aromatic N) is 2. The summed E-state index contributed by atoms with van der Waals surface area (Å²) >= 11 is 3.37. The Kier molecular flexibility index (Phi) is 5.52. The van der Waals surface area contributed by atoms with Gasteiger partial charge in [0, 0.05) is 23.1 Å². The third-order valence-corrected chi connectivity index (χ3v) is 4.70. The van der Waals surface area contributed by atoms with Gasteiger partial charge in [0.25, 0.3) is 5.56 Å². The SMILES string of the molecule is CC(C)c1cccc(NC(=O)CCn2cnc3ccc(Br)cc3c2=O)c1. The summed E-state index contributed by atoms with van der Waals surface area (Å²) in [5, 5.41) is 3.43. The maximum Gasteiger partial charge on any atom is 0.261 e. The lowest BCUT2D eigenvalue weighted by Gasteiger charge is -2.10. The highest BCUT2D eigenvalue weighted by molar-refractivity contribution is 9.10. The Bertz CT molecular complexity index is 1010. The van der Waals surface area contributed by atoms with Crippen LogP contribution in [0.2, 0.25) is 0 Å². The molecule has 0 aliphatic rings. The molecule has 0 aliphatic carbocycles. The van der Waals surface area contributed by atoms with Crippen molar-refractivity contribution < 1.29 is 4.79 Å². The van der Waals surface area contributed by atoms with Crippen molar-refractivity contribution in [2.75, 3.05) is 5.32 Å². The molecule has 1 aromatic heterocycles. The Labute approximate surface area is 160 Å². The molecule has 26 heavy (non-hydrogen) atoms. The predicted octanol–water partition coefficient (Wildman–Crippen LogP) is 4.31. The van der Waals surface area contributed by atoms with E-state index in [0.717, 1.165) is 10.2 Å². The molecule has 0 unspecified atom stereocenters. The zero-order valence-corrected chi connectivity index (χ0v) is 16.3. The van der Waals surface area contributed by atoms with Crippen LogP contribution in [0.25, 0.3) is 10.9 Å². The number of rotatable bonds is 5. The van der Waals surface area contributed by atoms with E-state index in [-0.39, 0.29) is 24.4 Å². The summed E-state index contributed by atoms with van der Waals surface area (Å²) in [5.74, 6) is 0.264. The van der Waals surface area contributed by atoms with Crippen molar-refractivity contribution in [3.63, 3.8) is 0 Å². The lowest BCUT2D eigenvalue weighted by molar-refractivity contribution is -0.116. The summed E-state index contributed by atoms with van der Waals surface area (Å²) in [6.07, 6.45) is 1.69. The van der Waals surface area contributed by atoms with Crippen LogP contribution >= 0.6 is 15.9 Å². The van der Waals surface area contributed by atoms with Gasteiger partial charge in [0.05, 0.1) is 17.2 Å². The first-order valence-corrected chi connectivity index (χ1v) is 9.28. The highest BCUT2D eigenvalue weighted by atomic mass is 79.9. The van der Waals surface area contributed by atoms with Gasteiger partial charge in [0.1, 0.15) is 0 Å². The van der Waals surface area contributed by atoms with Gasteiger partial charge >= 0.3 is 0 Å². The van der Waals surface area contributed by atoms with E-state index >= 15 is 0 Å². The molecule has 1 amide bonds. The zero-order chi connectivity index (χ0) is 18.7. The van der Waals surface area contributed by atoms with E-state index in [9.17, 15) is 9.59 Å². The molecule has 1 N–H and O–H groups in total. The summed E-state index contributed by atoms with van der Waals surface area (Å²) < 4.78 is 2.29. The third-order valence-electron chi connectivity index (χ3n) is 4.20. The Balaban J connectivity index is 1.70. The molecule has 0 spiro atoms. The van der Waals surface area contributed by atoms with Crippen LogP contribution < -0.4 is 10.9 Å². The van der Waals surface area contributed by atoms with Gasteiger partial charge in [-0.1, -0.05) is 41.9 Å². The summed E-state index contributed by atoms with van der Waals surface area (Å²) in [6, 6.07) is 13.2. The number of hydrogen-bond acceptors (Lipinski definition) is 3. The molecular formula is C20H20BrN3O2. The normalized spacial score (nSPS) is 11.1. The lowest BCUT2D eigenvalue weighted by Crippen LogP contribution is -2.23. The molecular weight excluding hydrogens is 394 g/mol. The Morgan fingerprint density at radius 1 is 1.23 bits per heavy atom. The molecule has 1 heterocycles. The highest BCUT2D eigenvalue weighted by Crippen LogP contribution is 2.19. The van der Waals surface area contributed by atoms with E-state index in [1.807, 2.05) is 30.3 Å². The van der Waals surface area contributed by atoms with Crippen LogP contribution in [-0.4, -0.2) is 15.5 Å². The van der Waals surface area contributed by atoms with Crippen LogP contribution in [0.3, 0.4) is 0 Å². The van der Waals surface area contributed by atoms with Crippen LogP contribution in [0, 0.1) is 0 Å². The average molecular weight is 414 g/mol. The topological polar surface area (TPSA) is 64.0 Å². The quantitative estimate of drug-likeness (QED) is 0.677. The van der Waals surface area contributed by atoms with E-state index in [1.165, 1.54) is 16.5 Å². The number of hydrogen-bond donors (Lipinski definition) is 1. The smallest absolute Gasteiger partial charge is 0.261 e. The van der Waals surface area contributed by atoms with Gasteiger partial charge in [0.2, 0.25) is 5.91 Å². The first kappa shape index (κ1) is 18.3. The highest BCUT2D eigenvalue weighted by Gasteiger charge is 2.08. The predicted molar refractivity (Wildman–Crippen MR) is 107 cm³/mol. The second kappa shape index (κ2) is 7.83. The van der Waals surface area contributed by atoms with Gasteiger partial charge in [-0.3, -0.25) is 14.2 Å². The van der Waals surface area contributed by atoms with Crippen LogP contribution in [0.1, 0.15) is 31.7 Å². The van der Waals surface area contributed by atoms with Gasteiger partial charge in [0.15, 0.2) is 0 Å². The van der Waals surface area contributed by atoms with Gasteiger partial charge in [-0.25, -0.2) is 4.98 Å². The van der Waals surface area contributed by atoms with E-state index in [4.69, 9.17) is 0 Å². The number of fused-ring (bicyclic) bond motifs is 1. The van der Waals surface area contributed by atoms with Crippen molar-refractivity contribution in [1.29, 1.82) is 0 Å². The fourth-order valence-electron chi connectivity index (χ4n) is 2.71. The first-order chi connectivity index (χ1) is 12.4. The minimum Gasteiger partial charge on any atom is -0.326 e. The molecule has 0 atom stereocenters. The van der Waals surface area contributed by atoms with Crippen molar-refractivity contribution in [3.8, 4) is 0 Å². The zero-order valence-electron chi connectivity index (χ0n) is 14.7. The average Bonchev–Trinajstić information content (AvgIpc) is 2.62. The summed E-state index contributed by atoms with van der Waals surface area (Å²) in [6.45, 7) is 4.50. The Morgan fingerprint density at radius 3 is 2.81 bits per heavy atom. The van der Waals surface area contributed by atoms with E-state index in [1.54, 1.807) is 12.1 Å². The molecule has 0 bridgehead atoms. The van der Waals surface area contributed by atoms with Crippen molar-refractivity contribution in [2.24, 2.45) is 0 Å². The van der Waals surface area contributed by atoms with Crippen LogP contribution in [-0.2, 0) is 11.3 Å². The number of aryl methyl sites for hydroxylation is 1. The Morgan fingerprint density at radius 2 is 2.04 bits per heavy atom. The minimum atomic E-state index is -0.147. The van der Waals surface area contributed by atoms with Gasteiger partial charge in [-0.15, -0.1) is 0 Å². The van der Waals surface area contributed by atoms with Crippen molar-refractivity contribution in [1.82, 2.24) is 9.55 Å². The molecule has 0 saturated heterocycles. The molecule has 0 saturated carbocycles. The number of carbonyl (C=O) groups excluding carboxylic acids is 1. The fourth-order valence-corrected chi connectivity index (χ4v) is 3.07. The molecule has 6 heteroatoms. The van der Waals surface area contributed by atoms with Gasteiger partial charge in [-0.2, -0.15) is 0 Å². The van der Waals surface area contributed by atoms with E-state index in [0.29, 0.717) is 16.8 Å². The van der Waals surface area contributed by atoms with Crippen LogP contribution in [0.15, 0.2) is 58.1 Å². The first-order valence-electron chi connectivity index (χ1n) is 8.48. The molecule has 134 valence electrons. The van der Waals surface area contributed by atoms with Crippen LogP contribution in [0.4, 0.5) is 5.69 Å². The number of halogens is 1. The number of aromatic nitrogens is 2. The number of amides is 1. The monoisotopic (exact) mass is 413 g/mol. The second-order valence-corrected chi connectivity index (χ2v) is 7.40. The lowest BCUT2D eigenvalue weighted by atomic mass is 10.0. The van der Waals surface area contributed by atoms with Gasteiger partial charge in [-0.05, 0) is 41.8 Å². The summed E-state index contributed by atoms with van der Waals surface area (Å²) in [4.78, 5) is 29.1. The number of carbonyl (C=O) groups is 1. The molecule has 2 aromatic carbocycles. The molecule has 5 nitrogen and oxygen atoms in total. The van der Waals surface area contributed by atoms with E-state index < -0.39 is 0 Å². The third kappa shape index (κ3) is 4.19. The number of nitrogens with one attached hydrogen (secondary N) is 1. The molecule has 3 aromatic rings.